The van der Waals surface area contributed by atoms with Crippen molar-refractivity contribution in [3.8, 4) is 11.1 Å². The predicted molar refractivity (Wildman–Crippen MR) is 99.8 cm³/mol. The van der Waals surface area contributed by atoms with Gasteiger partial charge < -0.3 is 5.73 Å². The van der Waals surface area contributed by atoms with Gasteiger partial charge in [0, 0.05) is 22.7 Å². The van der Waals surface area contributed by atoms with Crippen molar-refractivity contribution in [1.82, 2.24) is 9.97 Å². The summed E-state index contributed by atoms with van der Waals surface area (Å²) in [4.78, 5) is 8.83. The Labute approximate surface area is 147 Å². The molecule has 0 radical (unpaired) electrons. The molecule has 0 unspecified atom stereocenters. The van der Waals surface area contributed by atoms with E-state index in [1.165, 1.54) is 6.07 Å². The van der Waals surface area contributed by atoms with E-state index < -0.39 is 0 Å². The van der Waals surface area contributed by atoms with E-state index in [-0.39, 0.29) is 18.2 Å². The second-order valence-corrected chi connectivity index (χ2v) is 6.16. The first kappa shape index (κ1) is 18.1. The molecule has 3 nitrogen and oxygen atoms in total. The molecule has 5 heteroatoms. The first-order valence-electron chi connectivity index (χ1n) is 7.85. The summed E-state index contributed by atoms with van der Waals surface area (Å²) in [5.74, 6) is 0.719. The van der Waals surface area contributed by atoms with Crippen LogP contribution in [0.2, 0.25) is 0 Å². The fourth-order valence-corrected chi connectivity index (χ4v) is 2.74. The lowest BCUT2D eigenvalue weighted by molar-refractivity contribution is 0.582. The van der Waals surface area contributed by atoms with E-state index in [0.29, 0.717) is 22.8 Å². The van der Waals surface area contributed by atoms with Gasteiger partial charge in [-0.25, -0.2) is 9.37 Å². The van der Waals surface area contributed by atoms with Crippen LogP contribution in [0, 0.1) is 11.7 Å². The number of rotatable bonds is 4. The molecular weight excluding hydrogens is 325 g/mol. The lowest BCUT2D eigenvalue weighted by Crippen LogP contribution is -2.02. The lowest BCUT2D eigenvalue weighted by atomic mass is 9.96. The highest BCUT2D eigenvalue weighted by Crippen LogP contribution is 2.33. The number of benzene rings is 1. The maximum Gasteiger partial charge on any atom is 0.133 e. The minimum Gasteiger partial charge on any atom is -0.384 e. The second kappa shape index (κ2) is 7.58. The molecule has 0 fully saturated rings. The van der Waals surface area contributed by atoms with Gasteiger partial charge in [0.25, 0.3) is 0 Å². The van der Waals surface area contributed by atoms with Crippen molar-refractivity contribution in [3.63, 3.8) is 0 Å². The third-order valence-corrected chi connectivity index (χ3v) is 3.95. The standard InChI is InChI=1S/C19H20FN3.ClH/c1-12(2)5-9-16-14(7-10-17(21)23-16)18-15(20)8-6-13-4-3-11-22-19(13)18;/h3-4,6-8,10-12H,5,9H2,1-2H3,(H2,21,23);1H. The van der Waals surface area contributed by atoms with E-state index >= 15 is 0 Å². The fraction of sp³-hybridized carbons (Fsp3) is 0.263. The highest BCUT2D eigenvalue weighted by molar-refractivity contribution is 5.94. The molecular formula is C19H21ClFN3. The summed E-state index contributed by atoms with van der Waals surface area (Å²) in [6.45, 7) is 4.32. The number of anilines is 1. The van der Waals surface area contributed by atoms with Crippen molar-refractivity contribution >= 4 is 29.1 Å². The molecule has 3 aromatic rings. The Bertz CT molecular complexity index is 849. The zero-order valence-electron chi connectivity index (χ0n) is 13.8. The smallest absolute Gasteiger partial charge is 0.133 e. The van der Waals surface area contributed by atoms with E-state index in [1.807, 2.05) is 18.2 Å². The predicted octanol–water partition coefficient (Wildman–Crippen LogP) is 5.03. The third kappa shape index (κ3) is 3.65. The quantitative estimate of drug-likeness (QED) is 0.721. The topological polar surface area (TPSA) is 51.8 Å². The van der Waals surface area contributed by atoms with E-state index in [0.717, 1.165) is 29.5 Å². The van der Waals surface area contributed by atoms with Gasteiger partial charge in [-0.2, -0.15) is 0 Å². The van der Waals surface area contributed by atoms with Gasteiger partial charge >= 0.3 is 0 Å². The Hall–Kier alpha value is -2.20. The molecule has 0 aliphatic carbocycles. The average Bonchev–Trinajstić information content (AvgIpc) is 2.53. The average molecular weight is 346 g/mol. The fourth-order valence-electron chi connectivity index (χ4n) is 2.74. The zero-order chi connectivity index (χ0) is 16.4. The van der Waals surface area contributed by atoms with Gasteiger partial charge in [0.15, 0.2) is 0 Å². The molecule has 2 heterocycles. The Morgan fingerprint density at radius 1 is 1.12 bits per heavy atom. The maximum atomic E-state index is 14.6. The number of nitrogens with two attached hydrogens (primary N) is 1. The molecule has 0 saturated carbocycles. The number of fused-ring (bicyclic) bond motifs is 1. The van der Waals surface area contributed by atoms with Crippen molar-refractivity contribution in [3.05, 3.63) is 54.1 Å². The molecule has 0 aliphatic heterocycles. The summed E-state index contributed by atoms with van der Waals surface area (Å²) >= 11 is 0. The zero-order valence-corrected chi connectivity index (χ0v) is 14.6. The van der Waals surface area contributed by atoms with Gasteiger partial charge in [-0.3, -0.25) is 4.98 Å². The van der Waals surface area contributed by atoms with Crippen LogP contribution in [0.1, 0.15) is 26.0 Å². The number of nitrogens with zero attached hydrogens (tertiary/aromatic N) is 2. The number of aryl methyl sites for hydroxylation is 1. The van der Waals surface area contributed by atoms with Gasteiger partial charge in [0.2, 0.25) is 0 Å². The van der Waals surface area contributed by atoms with Gasteiger partial charge in [-0.15, -0.1) is 12.4 Å². The number of hydrogen-bond donors (Lipinski definition) is 1. The maximum absolute atomic E-state index is 14.6. The molecule has 3 rings (SSSR count). The first-order valence-corrected chi connectivity index (χ1v) is 7.85. The van der Waals surface area contributed by atoms with Gasteiger partial charge in [-0.05, 0) is 49.1 Å². The Morgan fingerprint density at radius 3 is 2.67 bits per heavy atom. The van der Waals surface area contributed by atoms with E-state index in [9.17, 15) is 4.39 Å². The summed E-state index contributed by atoms with van der Waals surface area (Å²) in [5, 5.41) is 0.913. The summed E-state index contributed by atoms with van der Waals surface area (Å²) in [6, 6.07) is 10.6. The van der Waals surface area contributed by atoms with Crippen LogP contribution in [0.5, 0.6) is 0 Å². The van der Waals surface area contributed by atoms with Crippen LogP contribution in [0.15, 0.2) is 42.6 Å². The lowest BCUT2D eigenvalue weighted by Gasteiger charge is -2.13. The summed E-state index contributed by atoms with van der Waals surface area (Å²) in [5.41, 5.74) is 8.62. The molecule has 0 atom stereocenters. The number of pyridine rings is 2. The Balaban J connectivity index is 0.00000208. The van der Waals surface area contributed by atoms with Crippen molar-refractivity contribution in [2.24, 2.45) is 5.92 Å². The van der Waals surface area contributed by atoms with Crippen LogP contribution in [0.25, 0.3) is 22.0 Å². The molecule has 2 aromatic heterocycles. The van der Waals surface area contributed by atoms with Crippen molar-refractivity contribution in [2.45, 2.75) is 26.7 Å². The van der Waals surface area contributed by atoms with Gasteiger partial charge in [0.1, 0.15) is 11.6 Å². The normalized spacial score (nSPS) is 10.8. The van der Waals surface area contributed by atoms with Gasteiger partial charge in [0.05, 0.1) is 11.2 Å². The molecule has 0 amide bonds. The molecule has 24 heavy (non-hydrogen) atoms. The van der Waals surface area contributed by atoms with Crippen molar-refractivity contribution in [2.75, 3.05) is 5.73 Å². The SMILES string of the molecule is CC(C)CCc1nc(N)ccc1-c1c(F)ccc2cccnc12.Cl. The monoisotopic (exact) mass is 345 g/mol. The largest absolute Gasteiger partial charge is 0.384 e. The van der Waals surface area contributed by atoms with Gasteiger partial charge in [-0.1, -0.05) is 19.9 Å². The minimum absolute atomic E-state index is 0. The van der Waals surface area contributed by atoms with E-state index in [4.69, 9.17) is 5.73 Å². The summed E-state index contributed by atoms with van der Waals surface area (Å²) in [6.07, 6.45) is 3.42. The molecule has 1 aromatic carbocycles. The van der Waals surface area contributed by atoms with Crippen LogP contribution in [-0.2, 0) is 6.42 Å². The summed E-state index contributed by atoms with van der Waals surface area (Å²) < 4.78 is 14.6. The molecule has 2 N–H and O–H groups in total. The molecule has 0 spiro atoms. The van der Waals surface area contributed by atoms with Crippen LogP contribution in [-0.4, -0.2) is 9.97 Å². The van der Waals surface area contributed by atoms with E-state index in [2.05, 4.69) is 23.8 Å². The minimum atomic E-state index is -0.284. The molecule has 0 bridgehead atoms. The number of nitrogen functional groups attached to an aromatic ring is 1. The second-order valence-electron chi connectivity index (χ2n) is 6.16. The molecule has 126 valence electrons. The molecule has 0 aliphatic rings. The third-order valence-electron chi connectivity index (χ3n) is 3.95. The number of halogens is 2. The van der Waals surface area contributed by atoms with Crippen molar-refractivity contribution < 1.29 is 4.39 Å². The van der Waals surface area contributed by atoms with Crippen molar-refractivity contribution in [1.29, 1.82) is 0 Å². The summed E-state index contributed by atoms with van der Waals surface area (Å²) in [7, 11) is 0. The number of hydrogen-bond acceptors (Lipinski definition) is 3. The van der Waals surface area contributed by atoms with Crippen LogP contribution in [0.3, 0.4) is 0 Å². The Kier molecular flexibility index (Phi) is 5.73. The highest BCUT2D eigenvalue weighted by atomic mass is 35.5. The van der Waals surface area contributed by atoms with Crippen LogP contribution in [0.4, 0.5) is 10.2 Å². The molecule has 0 saturated heterocycles. The number of aromatic nitrogens is 2. The van der Waals surface area contributed by atoms with Crippen LogP contribution < -0.4 is 5.73 Å². The first-order chi connectivity index (χ1) is 11.1. The van der Waals surface area contributed by atoms with E-state index in [1.54, 1.807) is 18.3 Å². The Morgan fingerprint density at radius 2 is 1.92 bits per heavy atom. The van der Waals surface area contributed by atoms with Crippen LogP contribution >= 0.6 is 12.4 Å². The highest BCUT2D eigenvalue weighted by Gasteiger charge is 2.16.